The summed E-state index contributed by atoms with van der Waals surface area (Å²) < 4.78 is 5.29. The third kappa shape index (κ3) is 3.54. The Morgan fingerprint density at radius 2 is 1.92 bits per heavy atom. The van der Waals surface area contributed by atoms with E-state index in [0.29, 0.717) is 23.2 Å². The van der Waals surface area contributed by atoms with Crippen LogP contribution in [0.3, 0.4) is 0 Å². The molecule has 2 aromatic rings. The van der Waals surface area contributed by atoms with Gasteiger partial charge < -0.3 is 15.0 Å². The molecule has 134 valence electrons. The minimum atomic E-state index is -0.253. The van der Waals surface area contributed by atoms with Crippen LogP contribution in [0, 0.1) is 5.92 Å². The number of aromatic nitrogens is 1. The summed E-state index contributed by atoms with van der Waals surface area (Å²) in [6.45, 7) is 1.45. The second-order valence-corrected chi connectivity index (χ2v) is 6.81. The minimum Gasteiger partial charge on any atom is -0.480 e. The number of piperidine rings is 1. The molecule has 0 aliphatic carbocycles. The SMILES string of the molecule is O=C1COc2ccc(C(=O)N3CCC(Cc4ccccc4)CC3)nc2N1. The average molecular weight is 351 g/mol. The number of nitrogens with one attached hydrogen (secondary N) is 1. The molecule has 4 rings (SSSR count). The van der Waals surface area contributed by atoms with Crippen LogP contribution in [0.25, 0.3) is 0 Å². The summed E-state index contributed by atoms with van der Waals surface area (Å²) in [6, 6.07) is 13.8. The lowest BCUT2D eigenvalue weighted by atomic mass is 9.90. The lowest BCUT2D eigenvalue weighted by molar-refractivity contribution is -0.118. The third-order valence-electron chi connectivity index (χ3n) is 4.96. The topological polar surface area (TPSA) is 71.5 Å². The Morgan fingerprint density at radius 1 is 1.15 bits per heavy atom. The zero-order valence-electron chi connectivity index (χ0n) is 14.5. The van der Waals surface area contributed by atoms with Crippen LogP contribution in [0.4, 0.5) is 5.82 Å². The molecule has 1 saturated heterocycles. The van der Waals surface area contributed by atoms with Gasteiger partial charge in [0.25, 0.3) is 11.8 Å². The van der Waals surface area contributed by atoms with E-state index in [1.54, 1.807) is 12.1 Å². The van der Waals surface area contributed by atoms with Crippen LogP contribution in [0.15, 0.2) is 42.5 Å². The van der Waals surface area contributed by atoms with Gasteiger partial charge in [0.15, 0.2) is 18.2 Å². The molecular weight excluding hydrogens is 330 g/mol. The van der Waals surface area contributed by atoms with Gasteiger partial charge in [-0.25, -0.2) is 4.98 Å². The number of carbonyl (C=O) groups excluding carboxylic acids is 2. The van der Waals surface area contributed by atoms with Crippen molar-refractivity contribution in [2.75, 3.05) is 25.0 Å². The van der Waals surface area contributed by atoms with E-state index in [0.717, 1.165) is 32.4 Å². The summed E-state index contributed by atoms with van der Waals surface area (Å²) in [4.78, 5) is 30.3. The largest absolute Gasteiger partial charge is 0.480 e. The van der Waals surface area contributed by atoms with E-state index >= 15 is 0 Å². The van der Waals surface area contributed by atoms with Gasteiger partial charge in [0.2, 0.25) is 0 Å². The quantitative estimate of drug-likeness (QED) is 0.922. The van der Waals surface area contributed by atoms with E-state index in [1.165, 1.54) is 5.56 Å². The highest BCUT2D eigenvalue weighted by Gasteiger charge is 2.26. The number of benzene rings is 1. The van der Waals surface area contributed by atoms with E-state index in [1.807, 2.05) is 11.0 Å². The van der Waals surface area contributed by atoms with E-state index in [2.05, 4.69) is 34.6 Å². The summed E-state index contributed by atoms with van der Waals surface area (Å²) in [5.74, 6) is 1.08. The van der Waals surface area contributed by atoms with Crippen LogP contribution in [0.5, 0.6) is 5.75 Å². The number of likely N-dealkylation sites (tertiary alicyclic amines) is 1. The molecule has 0 bridgehead atoms. The number of nitrogens with zero attached hydrogens (tertiary/aromatic N) is 2. The second kappa shape index (κ2) is 7.15. The van der Waals surface area contributed by atoms with Crippen LogP contribution in [0.2, 0.25) is 0 Å². The van der Waals surface area contributed by atoms with Gasteiger partial charge in [-0.15, -0.1) is 0 Å². The highest BCUT2D eigenvalue weighted by Crippen LogP contribution is 2.27. The van der Waals surface area contributed by atoms with Crippen molar-refractivity contribution in [3.63, 3.8) is 0 Å². The number of pyridine rings is 1. The Kier molecular flexibility index (Phi) is 4.56. The van der Waals surface area contributed by atoms with Crippen molar-refractivity contribution in [2.24, 2.45) is 5.92 Å². The number of hydrogen-bond donors (Lipinski definition) is 1. The Balaban J connectivity index is 1.38. The van der Waals surface area contributed by atoms with E-state index in [-0.39, 0.29) is 18.4 Å². The molecule has 1 aromatic heterocycles. The fraction of sp³-hybridized carbons (Fsp3) is 0.350. The molecule has 3 heterocycles. The molecule has 6 heteroatoms. The van der Waals surface area contributed by atoms with Crippen molar-refractivity contribution in [3.05, 3.63) is 53.7 Å². The summed E-state index contributed by atoms with van der Waals surface area (Å²) in [5, 5.41) is 2.65. The van der Waals surface area contributed by atoms with Gasteiger partial charge in [0.1, 0.15) is 5.69 Å². The highest BCUT2D eigenvalue weighted by atomic mass is 16.5. The van der Waals surface area contributed by atoms with Crippen LogP contribution < -0.4 is 10.1 Å². The Morgan fingerprint density at radius 3 is 2.69 bits per heavy atom. The number of anilines is 1. The maximum atomic E-state index is 12.7. The van der Waals surface area contributed by atoms with E-state index in [9.17, 15) is 9.59 Å². The third-order valence-corrected chi connectivity index (χ3v) is 4.96. The minimum absolute atomic E-state index is 0.0170. The lowest BCUT2D eigenvalue weighted by Gasteiger charge is -2.32. The molecule has 26 heavy (non-hydrogen) atoms. The predicted molar refractivity (Wildman–Crippen MR) is 97.1 cm³/mol. The van der Waals surface area contributed by atoms with E-state index in [4.69, 9.17) is 4.74 Å². The molecule has 2 amide bonds. The first-order chi connectivity index (χ1) is 12.7. The van der Waals surface area contributed by atoms with E-state index < -0.39 is 0 Å². The first kappa shape index (κ1) is 16.6. The van der Waals surface area contributed by atoms with Crippen molar-refractivity contribution in [1.82, 2.24) is 9.88 Å². The molecule has 0 unspecified atom stereocenters. The molecule has 1 aromatic carbocycles. The standard InChI is InChI=1S/C20H21N3O3/c24-18-13-26-17-7-6-16(21-19(17)22-18)20(25)23-10-8-15(9-11-23)12-14-4-2-1-3-5-14/h1-7,15H,8-13H2,(H,21,22,24). The average Bonchev–Trinajstić information content (AvgIpc) is 2.68. The van der Waals surface area contributed by atoms with Gasteiger partial charge in [-0.1, -0.05) is 30.3 Å². The molecule has 1 N–H and O–H groups in total. The number of fused-ring (bicyclic) bond motifs is 1. The van der Waals surface area contributed by atoms with Gasteiger partial charge in [0, 0.05) is 13.1 Å². The zero-order chi connectivity index (χ0) is 17.9. The van der Waals surface area contributed by atoms with Crippen molar-refractivity contribution >= 4 is 17.6 Å². The molecule has 0 spiro atoms. The lowest BCUT2D eigenvalue weighted by Crippen LogP contribution is -2.39. The van der Waals surface area contributed by atoms with Crippen molar-refractivity contribution in [2.45, 2.75) is 19.3 Å². The van der Waals surface area contributed by atoms with Gasteiger partial charge in [-0.3, -0.25) is 9.59 Å². The highest BCUT2D eigenvalue weighted by molar-refractivity contribution is 5.97. The van der Waals surface area contributed by atoms with Gasteiger partial charge in [-0.05, 0) is 42.9 Å². The summed E-state index contributed by atoms with van der Waals surface area (Å²) in [7, 11) is 0. The number of rotatable bonds is 3. The molecule has 2 aliphatic heterocycles. The molecule has 0 saturated carbocycles. The number of carbonyl (C=O) groups is 2. The number of ether oxygens (including phenoxy) is 1. The first-order valence-corrected chi connectivity index (χ1v) is 8.96. The summed E-state index contributed by atoms with van der Waals surface area (Å²) >= 11 is 0. The molecule has 6 nitrogen and oxygen atoms in total. The maximum Gasteiger partial charge on any atom is 0.272 e. The Hall–Kier alpha value is -2.89. The Bertz CT molecular complexity index is 814. The number of amides is 2. The Labute approximate surface area is 152 Å². The fourth-order valence-corrected chi connectivity index (χ4v) is 3.53. The second-order valence-electron chi connectivity index (χ2n) is 6.81. The van der Waals surface area contributed by atoms with Crippen LogP contribution in [-0.4, -0.2) is 41.4 Å². The number of hydrogen-bond acceptors (Lipinski definition) is 4. The van der Waals surface area contributed by atoms with Crippen molar-refractivity contribution in [3.8, 4) is 5.75 Å². The molecule has 0 radical (unpaired) electrons. The smallest absolute Gasteiger partial charge is 0.272 e. The van der Waals surface area contributed by atoms with Crippen molar-refractivity contribution < 1.29 is 14.3 Å². The molecule has 2 aliphatic rings. The van der Waals surface area contributed by atoms with Crippen molar-refractivity contribution in [1.29, 1.82) is 0 Å². The van der Waals surface area contributed by atoms with Gasteiger partial charge >= 0.3 is 0 Å². The zero-order valence-corrected chi connectivity index (χ0v) is 14.5. The predicted octanol–water partition coefficient (Wildman–Crippen LogP) is 2.51. The van der Waals surface area contributed by atoms with Gasteiger partial charge in [-0.2, -0.15) is 0 Å². The fourth-order valence-electron chi connectivity index (χ4n) is 3.53. The normalized spacial score (nSPS) is 17.2. The molecule has 1 fully saturated rings. The van der Waals surface area contributed by atoms with Crippen LogP contribution >= 0.6 is 0 Å². The summed E-state index contributed by atoms with van der Waals surface area (Å²) in [5.41, 5.74) is 1.69. The maximum absolute atomic E-state index is 12.7. The molecular formula is C20H21N3O3. The van der Waals surface area contributed by atoms with Crippen LogP contribution in [0.1, 0.15) is 28.9 Å². The monoisotopic (exact) mass is 351 g/mol. The van der Waals surface area contributed by atoms with Gasteiger partial charge in [0.05, 0.1) is 0 Å². The first-order valence-electron chi connectivity index (χ1n) is 8.96. The summed E-state index contributed by atoms with van der Waals surface area (Å²) in [6.07, 6.45) is 3.04. The molecule has 0 atom stereocenters. The van der Waals surface area contributed by atoms with Crippen LogP contribution in [-0.2, 0) is 11.2 Å².